The number of fused-ring (bicyclic) bond motifs is 4. The summed E-state index contributed by atoms with van der Waals surface area (Å²) < 4.78 is 56.4. The van der Waals surface area contributed by atoms with Gasteiger partial charge in [-0.05, 0) is 12.1 Å². The summed E-state index contributed by atoms with van der Waals surface area (Å²) in [6.45, 7) is 1.93. The monoisotopic (exact) mass is 446 g/mol. The summed E-state index contributed by atoms with van der Waals surface area (Å²) in [6, 6.07) is 7.12. The number of nitrogens with zero attached hydrogens (tertiary/aromatic N) is 1. The van der Waals surface area contributed by atoms with Crippen molar-refractivity contribution in [3.63, 3.8) is 0 Å². The number of carbonyl (C=O) groups is 1. The first-order valence-corrected chi connectivity index (χ1v) is 11.5. The molecular formula is C21H20NO8S+. The van der Waals surface area contributed by atoms with Crippen molar-refractivity contribution in [2.24, 2.45) is 0 Å². The Labute approximate surface area is 177 Å². The number of carbonyl (C=O) groups excluding carboxylic acids is 1. The Bertz CT molecular complexity index is 1240. The second-order valence-corrected chi connectivity index (χ2v) is 8.92. The third-order valence-electron chi connectivity index (χ3n) is 5.38. The fourth-order valence-electron chi connectivity index (χ4n) is 4.08. The number of hydrogen-bond acceptors (Lipinski definition) is 7. The van der Waals surface area contributed by atoms with Gasteiger partial charge in [0.2, 0.25) is 11.0 Å². The van der Waals surface area contributed by atoms with E-state index in [9.17, 15) is 13.2 Å². The molecule has 3 heterocycles. The standard InChI is InChI=1S/C21H19NO8S/c23-12-15-13-8-18-20(29-5-3-27-18)10-16(13)22(2-1-7-31(24,25)26)17-11-21-19(9-14(15)17)28-4-6-30-21/h8-12H,1-7H2/p+1. The first-order chi connectivity index (χ1) is 14.9. The SMILES string of the molecule is O=Cc1c2cc3c(cc2[n+](CCCS(=O)(=O)O)c2cc4c(cc12)OCCO4)OCCO3. The molecule has 0 saturated carbocycles. The lowest BCUT2D eigenvalue weighted by Crippen LogP contribution is -2.37. The highest BCUT2D eigenvalue weighted by molar-refractivity contribution is 7.85. The Morgan fingerprint density at radius 1 is 0.839 bits per heavy atom. The molecule has 5 rings (SSSR count). The van der Waals surface area contributed by atoms with Crippen LogP contribution in [-0.4, -0.2) is 51.4 Å². The van der Waals surface area contributed by atoms with Crippen LogP contribution in [0.1, 0.15) is 16.8 Å². The molecule has 31 heavy (non-hydrogen) atoms. The van der Waals surface area contributed by atoms with Crippen molar-refractivity contribution < 1.29 is 41.3 Å². The van der Waals surface area contributed by atoms with E-state index in [0.717, 1.165) is 6.29 Å². The summed E-state index contributed by atoms with van der Waals surface area (Å²) in [4.78, 5) is 12.2. The maximum absolute atomic E-state index is 12.2. The first kappa shape index (κ1) is 19.8. The van der Waals surface area contributed by atoms with Gasteiger partial charge in [-0.15, -0.1) is 0 Å². The van der Waals surface area contributed by atoms with E-state index in [2.05, 4.69) is 0 Å². The first-order valence-electron chi connectivity index (χ1n) is 9.87. The normalized spacial score (nSPS) is 15.3. The average Bonchev–Trinajstić information content (AvgIpc) is 2.75. The van der Waals surface area contributed by atoms with Gasteiger partial charge >= 0.3 is 0 Å². The van der Waals surface area contributed by atoms with Crippen LogP contribution in [0.2, 0.25) is 0 Å². The molecule has 0 atom stereocenters. The molecule has 162 valence electrons. The molecule has 1 N–H and O–H groups in total. The molecule has 0 radical (unpaired) electrons. The van der Waals surface area contributed by atoms with Crippen LogP contribution < -0.4 is 23.5 Å². The van der Waals surface area contributed by atoms with Crippen molar-refractivity contribution in [3.05, 3.63) is 29.8 Å². The largest absolute Gasteiger partial charge is 0.486 e. The summed E-state index contributed by atoms with van der Waals surface area (Å²) in [5.74, 6) is 1.81. The second-order valence-electron chi connectivity index (χ2n) is 7.35. The van der Waals surface area contributed by atoms with E-state index in [4.69, 9.17) is 23.5 Å². The van der Waals surface area contributed by atoms with Crippen molar-refractivity contribution in [2.45, 2.75) is 13.0 Å². The summed E-state index contributed by atoms with van der Waals surface area (Å²) >= 11 is 0. The molecule has 2 aliphatic rings. The quantitative estimate of drug-likeness (QED) is 0.274. The van der Waals surface area contributed by atoms with Gasteiger partial charge in [-0.1, -0.05) is 0 Å². The van der Waals surface area contributed by atoms with E-state index in [1.165, 1.54) is 0 Å². The van der Waals surface area contributed by atoms with E-state index in [-0.39, 0.29) is 18.7 Å². The molecule has 9 nitrogen and oxygen atoms in total. The van der Waals surface area contributed by atoms with Crippen LogP contribution in [0.3, 0.4) is 0 Å². The van der Waals surface area contributed by atoms with Gasteiger partial charge in [0.05, 0.1) is 28.7 Å². The minimum atomic E-state index is -4.10. The Morgan fingerprint density at radius 2 is 1.29 bits per heavy atom. The lowest BCUT2D eigenvalue weighted by Gasteiger charge is -2.21. The third-order valence-corrected chi connectivity index (χ3v) is 6.19. The summed E-state index contributed by atoms with van der Waals surface area (Å²) in [5.41, 5.74) is 1.83. The molecule has 0 aliphatic carbocycles. The number of aldehydes is 1. The van der Waals surface area contributed by atoms with Gasteiger partial charge in [-0.2, -0.15) is 13.0 Å². The minimum absolute atomic E-state index is 0.178. The van der Waals surface area contributed by atoms with Gasteiger partial charge in [0.1, 0.15) is 26.4 Å². The molecule has 0 bridgehead atoms. The highest BCUT2D eigenvalue weighted by atomic mass is 32.2. The van der Waals surface area contributed by atoms with Gasteiger partial charge in [0, 0.05) is 12.0 Å². The van der Waals surface area contributed by atoms with Gasteiger partial charge in [-0.25, -0.2) is 0 Å². The highest BCUT2D eigenvalue weighted by Gasteiger charge is 2.27. The summed E-state index contributed by atoms with van der Waals surface area (Å²) in [7, 11) is -4.10. The van der Waals surface area contributed by atoms with E-state index in [1.54, 1.807) is 24.3 Å². The highest BCUT2D eigenvalue weighted by Crippen LogP contribution is 2.39. The molecule has 10 heteroatoms. The Morgan fingerprint density at radius 3 is 1.71 bits per heavy atom. The van der Waals surface area contributed by atoms with Crippen LogP contribution in [0.5, 0.6) is 23.0 Å². The number of aryl methyl sites for hydroxylation is 1. The average molecular weight is 446 g/mol. The van der Waals surface area contributed by atoms with Crippen LogP contribution in [0.25, 0.3) is 21.8 Å². The van der Waals surface area contributed by atoms with E-state index in [1.807, 2.05) is 4.57 Å². The van der Waals surface area contributed by atoms with Crippen LogP contribution >= 0.6 is 0 Å². The molecule has 3 aromatic rings. The van der Waals surface area contributed by atoms with Crippen molar-refractivity contribution in [2.75, 3.05) is 32.2 Å². The fourth-order valence-corrected chi connectivity index (χ4v) is 4.58. The lowest BCUT2D eigenvalue weighted by molar-refractivity contribution is -0.645. The summed E-state index contributed by atoms with van der Waals surface area (Å²) in [6.07, 6.45) is 0.969. The van der Waals surface area contributed by atoms with Crippen molar-refractivity contribution in [1.29, 1.82) is 0 Å². The predicted molar refractivity (Wildman–Crippen MR) is 110 cm³/mol. The number of ether oxygens (including phenoxy) is 4. The minimum Gasteiger partial charge on any atom is -0.486 e. The van der Waals surface area contributed by atoms with Gasteiger partial charge in [0.15, 0.2) is 35.8 Å². The number of rotatable bonds is 5. The van der Waals surface area contributed by atoms with Crippen LogP contribution in [0.4, 0.5) is 0 Å². The molecule has 0 amide bonds. The topological polar surface area (TPSA) is 112 Å². The van der Waals surface area contributed by atoms with Crippen molar-refractivity contribution in [1.82, 2.24) is 0 Å². The fraction of sp³-hybridized carbons (Fsp3) is 0.333. The number of pyridine rings is 1. The van der Waals surface area contributed by atoms with Crippen LogP contribution in [0.15, 0.2) is 24.3 Å². The Hall–Kier alpha value is -3.11. The van der Waals surface area contributed by atoms with Gasteiger partial charge in [-0.3, -0.25) is 9.35 Å². The van der Waals surface area contributed by atoms with E-state index >= 15 is 0 Å². The maximum atomic E-state index is 12.2. The molecular weight excluding hydrogens is 426 g/mol. The van der Waals surface area contributed by atoms with Gasteiger partial charge < -0.3 is 18.9 Å². The molecule has 0 unspecified atom stereocenters. The zero-order valence-corrected chi connectivity index (χ0v) is 17.3. The lowest BCUT2D eigenvalue weighted by atomic mass is 10.0. The smallest absolute Gasteiger partial charge is 0.265 e. The molecule has 2 aliphatic heterocycles. The van der Waals surface area contributed by atoms with E-state index < -0.39 is 10.1 Å². The Kier molecular flexibility index (Phi) is 4.82. The summed E-state index contributed by atoms with van der Waals surface area (Å²) in [5, 5.41) is 1.30. The molecule has 0 spiro atoms. The molecule has 2 aromatic carbocycles. The van der Waals surface area contributed by atoms with Crippen LogP contribution in [0, 0.1) is 0 Å². The number of aromatic nitrogens is 1. The molecule has 0 saturated heterocycles. The zero-order valence-electron chi connectivity index (χ0n) is 16.5. The predicted octanol–water partition coefficient (Wildman–Crippen LogP) is 1.91. The van der Waals surface area contributed by atoms with Gasteiger partial charge in [0.25, 0.3) is 10.1 Å². The molecule has 0 fully saturated rings. The Balaban J connectivity index is 1.80. The van der Waals surface area contributed by atoms with Crippen LogP contribution in [-0.2, 0) is 16.7 Å². The number of hydrogen-bond donors (Lipinski definition) is 1. The third kappa shape index (κ3) is 3.61. The van der Waals surface area contributed by atoms with Crippen molar-refractivity contribution in [3.8, 4) is 23.0 Å². The second kappa shape index (κ2) is 7.54. The maximum Gasteiger partial charge on any atom is 0.265 e. The zero-order chi connectivity index (χ0) is 21.6. The van der Waals surface area contributed by atoms with E-state index in [0.29, 0.717) is 76.8 Å². The molecule has 1 aromatic heterocycles. The number of benzene rings is 2. The van der Waals surface area contributed by atoms with Crippen molar-refractivity contribution >= 4 is 38.2 Å².